The second-order valence-corrected chi connectivity index (χ2v) is 4.77. The molecule has 0 radical (unpaired) electrons. The van der Waals surface area contributed by atoms with Crippen molar-refractivity contribution in [2.24, 2.45) is 4.99 Å². The fourth-order valence-electron chi connectivity index (χ4n) is 1.70. The molecule has 0 saturated carbocycles. The number of phenolic OH excluding ortho intramolecular Hbond substituents is 1. The Bertz CT molecular complexity index is 747. The number of nitro benzene ring substituents is 1. The largest absolute Gasteiger partial charge is 0.502 e. The van der Waals surface area contributed by atoms with E-state index in [2.05, 4.69) is 4.99 Å². The molecule has 2 aromatic carbocycles. The van der Waals surface area contributed by atoms with E-state index < -0.39 is 22.2 Å². The van der Waals surface area contributed by atoms with Crippen LogP contribution in [0.25, 0.3) is 0 Å². The first-order valence-electron chi connectivity index (χ1n) is 5.85. The van der Waals surface area contributed by atoms with Gasteiger partial charge in [0, 0.05) is 22.9 Å². The van der Waals surface area contributed by atoms with Crippen LogP contribution in [0.15, 0.2) is 35.3 Å². The second kappa shape index (κ2) is 5.88. The second-order valence-electron chi connectivity index (χ2n) is 4.33. The Hall–Kier alpha value is -2.47. The first-order chi connectivity index (χ1) is 9.88. The molecule has 0 spiro atoms. The zero-order chi connectivity index (χ0) is 15.6. The zero-order valence-electron chi connectivity index (χ0n) is 10.9. The summed E-state index contributed by atoms with van der Waals surface area (Å²) in [5.74, 6) is -1.10. The van der Waals surface area contributed by atoms with Crippen LogP contribution >= 0.6 is 11.6 Å². The maximum Gasteiger partial charge on any atom is 0.312 e. The van der Waals surface area contributed by atoms with Crippen molar-refractivity contribution in [1.29, 1.82) is 0 Å². The molecule has 0 atom stereocenters. The van der Waals surface area contributed by atoms with E-state index in [1.165, 1.54) is 18.2 Å². The van der Waals surface area contributed by atoms with Gasteiger partial charge in [-0.25, -0.2) is 4.39 Å². The Morgan fingerprint density at radius 3 is 2.76 bits per heavy atom. The van der Waals surface area contributed by atoms with Crippen LogP contribution in [0.4, 0.5) is 15.8 Å². The summed E-state index contributed by atoms with van der Waals surface area (Å²) < 4.78 is 13.5. The maximum absolute atomic E-state index is 13.5. The molecule has 21 heavy (non-hydrogen) atoms. The standard InChI is InChI=1S/C14H10ClFN2O3/c1-8-2-3-11(16)12(4-8)17-7-9-5-10(15)6-13(14(9)19)18(20)21/h2-7,19H,1H3. The van der Waals surface area contributed by atoms with Crippen LogP contribution in [0, 0.1) is 22.9 Å². The van der Waals surface area contributed by atoms with Crippen molar-refractivity contribution in [3.05, 3.63) is 62.4 Å². The fraction of sp³-hybridized carbons (Fsp3) is 0.0714. The van der Waals surface area contributed by atoms with E-state index in [9.17, 15) is 19.6 Å². The summed E-state index contributed by atoms with van der Waals surface area (Å²) in [5, 5.41) is 20.7. The number of nitro groups is 1. The Kier molecular flexibility index (Phi) is 4.18. The third-order valence-corrected chi connectivity index (χ3v) is 2.94. The summed E-state index contributed by atoms with van der Waals surface area (Å²) in [5.41, 5.74) is 0.380. The van der Waals surface area contributed by atoms with Crippen molar-refractivity contribution in [2.45, 2.75) is 6.92 Å². The average Bonchev–Trinajstić information content (AvgIpc) is 2.42. The third kappa shape index (κ3) is 3.35. The molecule has 0 amide bonds. The molecule has 0 unspecified atom stereocenters. The van der Waals surface area contributed by atoms with Crippen LogP contribution in [-0.4, -0.2) is 16.2 Å². The molecular formula is C14H10ClFN2O3. The van der Waals surface area contributed by atoms with Gasteiger partial charge in [-0.1, -0.05) is 17.7 Å². The van der Waals surface area contributed by atoms with E-state index in [0.717, 1.165) is 17.8 Å². The summed E-state index contributed by atoms with van der Waals surface area (Å²) in [6.45, 7) is 1.78. The fourth-order valence-corrected chi connectivity index (χ4v) is 1.92. The SMILES string of the molecule is Cc1ccc(F)c(N=Cc2cc(Cl)cc([N+](=O)[O-])c2O)c1. The van der Waals surface area contributed by atoms with E-state index in [0.29, 0.717) is 0 Å². The van der Waals surface area contributed by atoms with Crippen LogP contribution in [0.5, 0.6) is 5.75 Å². The highest BCUT2D eigenvalue weighted by molar-refractivity contribution is 6.31. The minimum Gasteiger partial charge on any atom is -0.502 e. The van der Waals surface area contributed by atoms with Crippen LogP contribution in [0.1, 0.15) is 11.1 Å². The first kappa shape index (κ1) is 14.9. The number of hydrogen-bond donors (Lipinski definition) is 1. The van der Waals surface area contributed by atoms with Gasteiger partial charge in [-0.2, -0.15) is 0 Å². The van der Waals surface area contributed by atoms with Crippen molar-refractivity contribution in [3.8, 4) is 5.75 Å². The molecule has 2 rings (SSSR count). The Morgan fingerprint density at radius 1 is 1.38 bits per heavy atom. The Morgan fingerprint density at radius 2 is 2.10 bits per heavy atom. The van der Waals surface area contributed by atoms with E-state index in [1.807, 2.05) is 0 Å². The van der Waals surface area contributed by atoms with Crippen molar-refractivity contribution >= 4 is 29.2 Å². The van der Waals surface area contributed by atoms with Gasteiger partial charge in [-0.05, 0) is 30.7 Å². The highest BCUT2D eigenvalue weighted by atomic mass is 35.5. The van der Waals surface area contributed by atoms with Crippen LogP contribution < -0.4 is 0 Å². The Balaban J connectivity index is 2.46. The molecule has 0 aliphatic heterocycles. The molecule has 7 heteroatoms. The summed E-state index contributed by atoms with van der Waals surface area (Å²) in [7, 11) is 0. The lowest BCUT2D eigenvalue weighted by molar-refractivity contribution is -0.385. The lowest BCUT2D eigenvalue weighted by Crippen LogP contribution is -1.92. The van der Waals surface area contributed by atoms with Crippen LogP contribution in [0.3, 0.4) is 0 Å². The average molecular weight is 309 g/mol. The van der Waals surface area contributed by atoms with Crippen LogP contribution in [-0.2, 0) is 0 Å². The summed E-state index contributed by atoms with van der Waals surface area (Å²) in [4.78, 5) is 13.9. The van der Waals surface area contributed by atoms with Gasteiger partial charge >= 0.3 is 5.69 Å². The molecule has 0 fully saturated rings. The van der Waals surface area contributed by atoms with Crippen molar-refractivity contribution in [1.82, 2.24) is 0 Å². The molecule has 0 heterocycles. The van der Waals surface area contributed by atoms with Gasteiger partial charge in [0.15, 0.2) is 0 Å². The molecule has 2 aromatic rings. The number of rotatable bonds is 3. The van der Waals surface area contributed by atoms with E-state index in [1.54, 1.807) is 13.0 Å². The predicted molar refractivity (Wildman–Crippen MR) is 78.2 cm³/mol. The third-order valence-electron chi connectivity index (χ3n) is 2.73. The van der Waals surface area contributed by atoms with E-state index >= 15 is 0 Å². The number of phenols is 1. The predicted octanol–water partition coefficient (Wildman–Crippen LogP) is 4.15. The van der Waals surface area contributed by atoms with Gasteiger partial charge in [0.2, 0.25) is 5.75 Å². The molecule has 0 aliphatic rings. The summed E-state index contributed by atoms with van der Waals surface area (Å²) in [6.07, 6.45) is 1.13. The van der Waals surface area contributed by atoms with E-state index in [-0.39, 0.29) is 16.3 Å². The van der Waals surface area contributed by atoms with Gasteiger partial charge in [0.05, 0.1) is 10.6 Å². The topological polar surface area (TPSA) is 75.7 Å². The molecule has 1 N–H and O–H groups in total. The molecule has 0 aromatic heterocycles. The highest BCUT2D eigenvalue weighted by Gasteiger charge is 2.17. The summed E-state index contributed by atoms with van der Waals surface area (Å²) >= 11 is 5.75. The van der Waals surface area contributed by atoms with Crippen molar-refractivity contribution in [2.75, 3.05) is 0 Å². The number of hydrogen-bond acceptors (Lipinski definition) is 4. The number of nitrogens with zero attached hydrogens (tertiary/aromatic N) is 2. The number of aliphatic imine (C=N–C) groups is 1. The molecule has 0 aliphatic carbocycles. The summed E-state index contributed by atoms with van der Waals surface area (Å²) in [6, 6.07) is 6.71. The minimum absolute atomic E-state index is 0.0371. The molecule has 0 saturated heterocycles. The van der Waals surface area contributed by atoms with Gasteiger partial charge in [0.1, 0.15) is 5.82 Å². The molecule has 5 nitrogen and oxygen atoms in total. The number of halogens is 2. The Labute approximate surface area is 124 Å². The lowest BCUT2D eigenvalue weighted by Gasteiger charge is -2.02. The van der Waals surface area contributed by atoms with Gasteiger partial charge in [-0.15, -0.1) is 0 Å². The maximum atomic E-state index is 13.5. The quantitative estimate of drug-likeness (QED) is 0.525. The smallest absolute Gasteiger partial charge is 0.312 e. The molecule has 108 valence electrons. The highest BCUT2D eigenvalue weighted by Crippen LogP contribution is 2.32. The number of benzene rings is 2. The van der Waals surface area contributed by atoms with Gasteiger partial charge in [-0.3, -0.25) is 15.1 Å². The monoisotopic (exact) mass is 308 g/mol. The van der Waals surface area contributed by atoms with Crippen molar-refractivity contribution in [3.63, 3.8) is 0 Å². The molecular weight excluding hydrogens is 299 g/mol. The number of aryl methyl sites for hydroxylation is 1. The van der Waals surface area contributed by atoms with E-state index in [4.69, 9.17) is 11.6 Å². The lowest BCUT2D eigenvalue weighted by atomic mass is 10.2. The first-order valence-corrected chi connectivity index (χ1v) is 6.23. The van der Waals surface area contributed by atoms with Gasteiger partial charge in [0.25, 0.3) is 0 Å². The zero-order valence-corrected chi connectivity index (χ0v) is 11.6. The normalized spacial score (nSPS) is 11.0. The number of aromatic hydroxyl groups is 1. The molecule has 0 bridgehead atoms. The van der Waals surface area contributed by atoms with Crippen molar-refractivity contribution < 1.29 is 14.4 Å². The van der Waals surface area contributed by atoms with Gasteiger partial charge < -0.3 is 5.11 Å². The minimum atomic E-state index is -0.758. The van der Waals surface area contributed by atoms with Crippen LogP contribution in [0.2, 0.25) is 5.02 Å².